The number of halogens is 1. The molecule has 0 bridgehead atoms. The Balaban J connectivity index is 0.00000280. The molecule has 28 heavy (non-hydrogen) atoms. The quantitative estimate of drug-likeness (QED) is 0.438. The fourth-order valence-corrected chi connectivity index (χ4v) is 3.37. The third kappa shape index (κ3) is 4.04. The van der Waals surface area contributed by atoms with Crippen LogP contribution in [0, 0.1) is 0 Å². The third-order valence-electron chi connectivity index (χ3n) is 4.97. The van der Waals surface area contributed by atoms with Gasteiger partial charge < -0.3 is 27.4 Å². The van der Waals surface area contributed by atoms with Crippen molar-refractivity contribution in [2.24, 2.45) is 21.1 Å². The van der Waals surface area contributed by atoms with Gasteiger partial charge in [-0.2, -0.15) is 0 Å². The highest BCUT2D eigenvalue weighted by Crippen LogP contribution is 2.15. The molecular formula is C19H26ClN5O3. The van der Waals surface area contributed by atoms with Crippen LogP contribution in [0.2, 0.25) is 0 Å². The van der Waals surface area contributed by atoms with E-state index in [1.165, 1.54) is 17.2 Å². The van der Waals surface area contributed by atoms with Crippen LogP contribution in [0.1, 0.15) is 24.4 Å². The van der Waals surface area contributed by atoms with Gasteiger partial charge in [0.25, 0.3) is 5.56 Å². The first-order chi connectivity index (χ1) is 12.8. The second kappa shape index (κ2) is 8.72. The van der Waals surface area contributed by atoms with Gasteiger partial charge in [0.05, 0.1) is 6.04 Å². The van der Waals surface area contributed by atoms with Crippen LogP contribution in [0.5, 0.6) is 0 Å². The van der Waals surface area contributed by atoms with E-state index in [-0.39, 0.29) is 24.1 Å². The van der Waals surface area contributed by atoms with E-state index in [0.717, 1.165) is 11.0 Å². The molecule has 3 N–H and O–H groups in total. The summed E-state index contributed by atoms with van der Waals surface area (Å²) in [6.07, 6.45) is 0.0472. The number of nitrogens with two attached hydrogens (primary N) is 1. The highest BCUT2D eigenvalue weighted by atomic mass is 35.5. The molecule has 2 unspecified atom stereocenters. The van der Waals surface area contributed by atoms with E-state index in [9.17, 15) is 14.7 Å². The molecule has 0 fully saturated rings. The van der Waals surface area contributed by atoms with Crippen molar-refractivity contribution in [3.05, 3.63) is 62.6 Å². The molecule has 0 amide bonds. The highest BCUT2D eigenvalue weighted by molar-refractivity contribution is 5.71. The largest absolute Gasteiger partial charge is 1.00 e. The minimum absolute atomic E-state index is 0. The molecule has 1 aromatic carbocycles. The zero-order chi connectivity index (χ0) is 19.7. The minimum Gasteiger partial charge on any atom is -1.00 e. The number of aryl methyl sites for hydroxylation is 2. The van der Waals surface area contributed by atoms with Crippen LogP contribution >= 0.6 is 0 Å². The summed E-state index contributed by atoms with van der Waals surface area (Å²) in [5.74, 6) is 0.381. The Morgan fingerprint density at radius 2 is 1.71 bits per heavy atom. The molecule has 2 aromatic heterocycles. The first-order valence-electron chi connectivity index (χ1n) is 8.99. The van der Waals surface area contributed by atoms with E-state index in [4.69, 9.17) is 0 Å². The van der Waals surface area contributed by atoms with Gasteiger partial charge in [-0.3, -0.25) is 13.9 Å². The molecule has 2 heterocycles. The van der Waals surface area contributed by atoms with Gasteiger partial charge in [-0.25, -0.2) is 9.78 Å². The van der Waals surface area contributed by atoms with Gasteiger partial charge in [-0.15, -0.1) is 0 Å². The smallest absolute Gasteiger partial charge is 0.332 e. The van der Waals surface area contributed by atoms with Crippen LogP contribution in [0.4, 0.5) is 0 Å². The van der Waals surface area contributed by atoms with Crippen LogP contribution in [0.3, 0.4) is 0 Å². The van der Waals surface area contributed by atoms with Crippen LogP contribution in [0.15, 0.2) is 39.9 Å². The van der Waals surface area contributed by atoms with Gasteiger partial charge in [0.15, 0.2) is 17.3 Å². The molecule has 0 aliphatic heterocycles. The molecule has 0 radical (unpaired) electrons. The van der Waals surface area contributed by atoms with Crippen LogP contribution in [-0.2, 0) is 27.6 Å². The zero-order valence-electron chi connectivity index (χ0n) is 16.5. The van der Waals surface area contributed by atoms with Gasteiger partial charge >= 0.3 is 5.69 Å². The van der Waals surface area contributed by atoms with Crippen molar-refractivity contribution in [3.63, 3.8) is 0 Å². The number of aromatic nitrogens is 4. The van der Waals surface area contributed by atoms with Gasteiger partial charge in [-0.05, 0) is 12.5 Å². The van der Waals surface area contributed by atoms with Crippen LogP contribution < -0.4 is 29.0 Å². The first kappa shape index (κ1) is 21.9. The number of aliphatic hydroxyl groups is 1. The van der Waals surface area contributed by atoms with Crippen molar-refractivity contribution in [2.45, 2.75) is 25.5 Å². The Kier molecular flexibility index (Phi) is 6.82. The summed E-state index contributed by atoms with van der Waals surface area (Å²) in [5.41, 5.74) is 0.998. The summed E-state index contributed by atoms with van der Waals surface area (Å²) in [4.78, 5) is 28.9. The number of fused-ring (bicyclic) bond motifs is 1. The van der Waals surface area contributed by atoms with Gasteiger partial charge in [0, 0.05) is 27.6 Å². The summed E-state index contributed by atoms with van der Waals surface area (Å²) in [6, 6.07) is 10.5. The van der Waals surface area contributed by atoms with Crippen LogP contribution in [-0.4, -0.2) is 36.4 Å². The lowest BCUT2D eigenvalue weighted by molar-refractivity contribution is -0.692. The fourth-order valence-electron chi connectivity index (χ4n) is 3.37. The minimum atomic E-state index is -0.847. The summed E-state index contributed by atoms with van der Waals surface area (Å²) in [5, 5.41) is 12.7. The molecule has 0 aliphatic rings. The molecule has 2 atom stereocenters. The van der Waals surface area contributed by atoms with E-state index in [0.29, 0.717) is 17.9 Å². The molecule has 0 spiro atoms. The lowest BCUT2D eigenvalue weighted by Gasteiger charge is -2.14. The van der Waals surface area contributed by atoms with E-state index in [2.05, 4.69) is 29.4 Å². The lowest BCUT2D eigenvalue weighted by Crippen LogP contribution is -3.00. The molecule has 0 saturated carbocycles. The van der Waals surface area contributed by atoms with Gasteiger partial charge in [-0.1, -0.05) is 30.3 Å². The monoisotopic (exact) mass is 407 g/mol. The van der Waals surface area contributed by atoms with Crippen molar-refractivity contribution < 1.29 is 22.8 Å². The maximum absolute atomic E-state index is 12.4. The van der Waals surface area contributed by atoms with Crippen molar-refractivity contribution in [3.8, 4) is 0 Å². The maximum Gasteiger partial charge on any atom is 0.332 e. The number of imidazole rings is 1. The average Bonchev–Trinajstić information content (AvgIpc) is 3.01. The Morgan fingerprint density at radius 1 is 1.07 bits per heavy atom. The van der Waals surface area contributed by atoms with E-state index < -0.39 is 17.4 Å². The molecule has 3 rings (SSSR count). The number of benzene rings is 1. The fraction of sp³-hybridized carbons (Fsp3) is 0.421. The van der Waals surface area contributed by atoms with E-state index in [1.54, 1.807) is 18.7 Å². The van der Waals surface area contributed by atoms with E-state index in [1.807, 2.05) is 18.2 Å². The molecule has 3 aromatic rings. The van der Waals surface area contributed by atoms with Crippen molar-refractivity contribution in [1.82, 2.24) is 18.7 Å². The van der Waals surface area contributed by atoms with Crippen molar-refractivity contribution >= 4 is 11.2 Å². The first-order valence-corrected chi connectivity index (χ1v) is 8.99. The number of nitrogens with zero attached hydrogens (tertiary/aromatic N) is 4. The number of hydrogen-bond donors (Lipinski definition) is 2. The second-order valence-corrected chi connectivity index (χ2v) is 7.06. The molecule has 0 saturated heterocycles. The Hall–Kier alpha value is -2.42. The number of hydrogen-bond acceptors (Lipinski definition) is 4. The zero-order valence-corrected chi connectivity index (χ0v) is 17.2. The Bertz CT molecular complexity index is 1070. The lowest BCUT2D eigenvalue weighted by atomic mass is 10.1. The second-order valence-electron chi connectivity index (χ2n) is 7.06. The predicted octanol–water partition coefficient (Wildman–Crippen LogP) is -3.80. The van der Waals surface area contributed by atoms with Crippen molar-refractivity contribution in [2.75, 3.05) is 6.54 Å². The molecule has 152 valence electrons. The third-order valence-corrected chi connectivity index (χ3v) is 4.97. The summed E-state index contributed by atoms with van der Waals surface area (Å²) >= 11 is 0. The molecule has 8 nitrogen and oxygen atoms in total. The molecular weight excluding hydrogens is 382 g/mol. The van der Waals surface area contributed by atoms with E-state index >= 15 is 0 Å². The Labute approximate surface area is 168 Å². The normalized spacial score (nSPS) is 13.3. The summed E-state index contributed by atoms with van der Waals surface area (Å²) in [6.45, 7) is 2.52. The maximum atomic E-state index is 12.4. The van der Waals surface area contributed by atoms with Gasteiger partial charge in [0.1, 0.15) is 12.4 Å². The highest BCUT2D eigenvalue weighted by Gasteiger charge is 2.23. The predicted molar refractivity (Wildman–Crippen MR) is 103 cm³/mol. The standard InChI is InChI=1S/C19H25N5O3.ClH/c1-12(10-13-8-6-5-7-9-13)20-11-14(25)16-21-17-15(22(16)2)18(26)24(4)19(27)23(17)3;/h5-9,12,14,20,25H,10-11H2,1-4H3;1H. The number of aliphatic hydroxyl groups excluding tert-OH is 1. The average molecular weight is 408 g/mol. The molecule has 0 aliphatic carbocycles. The molecule has 9 heteroatoms. The summed E-state index contributed by atoms with van der Waals surface area (Å²) in [7, 11) is 4.70. The topological polar surface area (TPSA) is 98.7 Å². The Morgan fingerprint density at radius 3 is 2.36 bits per heavy atom. The van der Waals surface area contributed by atoms with Crippen LogP contribution in [0.25, 0.3) is 11.2 Å². The summed E-state index contributed by atoms with van der Waals surface area (Å²) < 4.78 is 3.96. The number of rotatable bonds is 6. The van der Waals surface area contributed by atoms with Crippen molar-refractivity contribution in [1.29, 1.82) is 0 Å². The SMILES string of the molecule is CC(Cc1ccccc1)[NH2+]CC(O)c1nc2c(c(=O)n(C)c(=O)n2C)n1C.[Cl-]. The van der Waals surface area contributed by atoms with Gasteiger partial charge in [0.2, 0.25) is 0 Å². The number of quaternary nitrogens is 1.